The first-order chi connectivity index (χ1) is 13.0. The van der Waals surface area contributed by atoms with Crippen molar-refractivity contribution in [3.8, 4) is 0 Å². The summed E-state index contributed by atoms with van der Waals surface area (Å²) in [6, 6.07) is 6.73. The zero-order valence-electron chi connectivity index (χ0n) is 14.2. The number of thiophene rings is 1. The predicted molar refractivity (Wildman–Crippen MR) is 110 cm³/mol. The van der Waals surface area contributed by atoms with Crippen molar-refractivity contribution >= 4 is 63.4 Å². The molecule has 3 aromatic rings. The van der Waals surface area contributed by atoms with Gasteiger partial charge in [-0.3, -0.25) is 4.79 Å². The summed E-state index contributed by atoms with van der Waals surface area (Å²) in [5.41, 5.74) is 8.54. The quantitative estimate of drug-likeness (QED) is 0.639. The summed E-state index contributed by atoms with van der Waals surface area (Å²) in [4.78, 5) is 17.7. The third-order valence-corrected chi connectivity index (χ3v) is 5.99. The second-order valence-electron chi connectivity index (χ2n) is 6.21. The minimum Gasteiger partial charge on any atom is -0.396 e. The standard InChI is InChI=1S/C18H15Cl2N5OS/c1-9-16(18(26)24-14-8-27-7-13(14)21)17(25-15(23-9)4-5-22-25)10-2-3-11(19)12(20)6-10/h2-8,16-17H,21H2,1H3,(H,24,26). The molecule has 3 heterocycles. The number of nitrogens with zero attached hydrogens (tertiary/aromatic N) is 3. The smallest absolute Gasteiger partial charge is 0.235 e. The molecule has 3 N–H and O–H groups in total. The van der Waals surface area contributed by atoms with Crippen LogP contribution in [-0.4, -0.2) is 21.4 Å². The van der Waals surface area contributed by atoms with E-state index in [0.29, 0.717) is 32.9 Å². The first-order valence-electron chi connectivity index (χ1n) is 8.12. The third-order valence-electron chi connectivity index (χ3n) is 4.49. The van der Waals surface area contributed by atoms with Crippen molar-refractivity contribution in [2.45, 2.75) is 13.0 Å². The van der Waals surface area contributed by atoms with Crippen molar-refractivity contribution < 1.29 is 4.79 Å². The lowest BCUT2D eigenvalue weighted by molar-refractivity contribution is -0.118. The van der Waals surface area contributed by atoms with Crippen molar-refractivity contribution in [1.29, 1.82) is 0 Å². The fourth-order valence-corrected chi connectivity index (χ4v) is 4.19. The molecule has 0 saturated carbocycles. The Morgan fingerprint density at radius 1 is 1.26 bits per heavy atom. The molecule has 0 fully saturated rings. The van der Waals surface area contributed by atoms with Gasteiger partial charge in [0, 0.05) is 22.5 Å². The van der Waals surface area contributed by atoms with Gasteiger partial charge in [0.2, 0.25) is 5.91 Å². The van der Waals surface area contributed by atoms with Crippen molar-refractivity contribution in [3.63, 3.8) is 0 Å². The number of amides is 1. The molecule has 9 heteroatoms. The molecule has 138 valence electrons. The van der Waals surface area contributed by atoms with Crippen molar-refractivity contribution in [3.05, 3.63) is 56.8 Å². The molecule has 0 aliphatic carbocycles. The lowest BCUT2D eigenvalue weighted by Gasteiger charge is -2.31. The number of benzene rings is 1. The molecule has 1 amide bonds. The van der Waals surface area contributed by atoms with Crippen LogP contribution in [0.1, 0.15) is 18.5 Å². The van der Waals surface area contributed by atoms with E-state index in [2.05, 4.69) is 15.4 Å². The summed E-state index contributed by atoms with van der Waals surface area (Å²) in [7, 11) is 0. The van der Waals surface area contributed by atoms with Crippen molar-refractivity contribution in [2.24, 2.45) is 10.9 Å². The van der Waals surface area contributed by atoms with E-state index in [0.717, 1.165) is 5.56 Å². The number of aromatic nitrogens is 2. The number of rotatable bonds is 3. The number of anilines is 2. The van der Waals surface area contributed by atoms with E-state index >= 15 is 0 Å². The molecule has 1 aliphatic rings. The topological polar surface area (TPSA) is 85.3 Å². The molecule has 2 unspecified atom stereocenters. The van der Waals surface area contributed by atoms with E-state index in [9.17, 15) is 4.79 Å². The van der Waals surface area contributed by atoms with E-state index in [4.69, 9.17) is 28.9 Å². The normalized spacial score (nSPS) is 18.7. The Kier molecular flexibility index (Phi) is 4.67. The number of hydrogen-bond donors (Lipinski definition) is 2. The fraction of sp³-hybridized carbons (Fsp3) is 0.167. The fourth-order valence-electron chi connectivity index (χ4n) is 3.21. The van der Waals surface area contributed by atoms with Gasteiger partial charge in [-0.15, -0.1) is 11.3 Å². The van der Waals surface area contributed by atoms with Gasteiger partial charge in [0.05, 0.1) is 33.7 Å². The largest absolute Gasteiger partial charge is 0.396 e. The van der Waals surface area contributed by atoms with Gasteiger partial charge in [0.1, 0.15) is 5.92 Å². The summed E-state index contributed by atoms with van der Waals surface area (Å²) in [6.07, 6.45) is 1.66. The van der Waals surface area contributed by atoms with Gasteiger partial charge in [-0.05, 0) is 24.6 Å². The monoisotopic (exact) mass is 419 g/mol. The zero-order valence-corrected chi connectivity index (χ0v) is 16.5. The molecule has 4 rings (SSSR count). The highest BCUT2D eigenvalue weighted by Gasteiger charge is 2.38. The van der Waals surface area contributed by atoms with Crippen LogP contribution in [-0.2, 0) is 4.79 Å². The molecule has 6 nitrogen and oxygen atoms in total. The highest BCUT2D eigenvalue weighted by atomic mass is 35.5. The van der Waals surface area contributed by atoms with Gasteiger partial charge in [-0.25, -0.2) is 9.67 Å². The van der Waals surface area contributed by atoms with Crippen molar-refractivity contribution in [2.75, 3.05) is 11.1 Å². The minimum absolute atomic E-state index is 0.210. The van der Waals surface area contributed by atoms with E-state index in [1.54, 1.807) is 39.8 Å². The number of nitrogens with one attached hydrogen (secondary N) is 1. The molecule has 1 aliphatic heterocycles. The minimum atomic E-state index is -0.575. The zero-order chi connectivity index (χ0) is 19.1. The van der Waals surface area contributed by atoms with Crippen LogP contribution in [0.2, 0.25) is 10.0 Å². The molecule has 0 spiro atoms. The summed E-state index contributed by atoms with van der Waals surface area (Å²) in [5, 5.41) is 11.7. The average molecular weight is 420 g/mol. The van der Waals surface area contributed by atoms with E-state index < -0.39 is 12.0 Å². The second kappa shape index (κ2) is 6.99. The van der Waals surface area contributed by atoms with Crippen LogP contribution in [0.25, 0.3) is 0 Å². The van der Waals surface area contributed by atoms with Gasteiger partial charge in [0.15, 0.2) is 5.82 Å². The van der Waals surface area contributed by atoms with Gasteiger partial charge in [0.25, 0.3) is 0 Å². The summed E-state index contributed by atoms with van der Waals surface area (Å²) in [5.74, 6) is -0.102. The van der Waals surface area contributed by atoms with E-state index in [-0.39, 0.29) is 5.91 Å². The maximum atomic E-state index is 13.2. The van der Waals surface area contributed by atoms with Gasteiger partial charge in [-0.2, -0.15) is 5.10 Å². The number of carbonyl (C=O) groups is 1. The van der Waals surface area contributed by atoms with Crippen LogP contribution in [0.4, 0.5) is 17.2 Å². The Morgan fingerprint density at radius 2 is 2.07 bits per heavy atom. The number of carbonyl (C=O) groups excluding carboxylic acids is 1. The van der Waals surface area contributed by atoms with Crippen LogP contribution in [0, 0.1) is 5.92 Å². The van der Waals surface area contributed by atoms with Crippen LogP contribution in [0.5, 0.6) is 0 Å². The predicted octanol–water partition coefficient (Wildman–Crippen LogP) is 4.78. The van der Waals surface area contributed by atoms with Crippen LogP contribution in [0.3, 0.4) is 0 Å². The van der Waals surface area contributed by atoms with Gasteiger partial charge >= 0.3 is 0 Å². The Labute approximate surface area is 169 Å². The molecule has 0 saturated heterocycles. The average Bonchev–Trinajstić information content (AvgIpc) is 3.25. The molecule has 27 heavy (non-hydrogen) atoms. The summed E-state index contributed by atoms with van der Waals surface area (Å²) >= 11 is 13.7. The highest BCUT2D eigenvalue weighted by Crippen LogP contribution is 2.38. The first kappa shape index (κ1) is 18.0. The maximum absolute atomic E-state index is 13.2. The SMILES string of the molecule is CC1=Nc2ccnn2C(c2ccc(Cl)c(Cl)c2)C1C(=O)Nc1cscc1N. The number of aliphatic imine (C=N–C) groups is 1. The molecular weight excluding hydrogens is 405 g/mol. The Balaban J connectivity index is 1.78. The van der Waals surface area contributed by atoms with E-state index in [1.807, 2.05) is 13.0 Å². The number of halogens is 2. The maximum Gasteiger partial charge on any atom is 0.235 e. The molecule has 1 aromatic carbocycles. The summed E-state index contributed by atoms with van der Waals surface area (Å²) in [6.45, 7) is 1.84. The number of nitrogens with two attached hydrogens (primary N) is 1. The lowest BCUT2D eigenvalue weighted by Crippen LogP contribution is -2.39. The lowest BCUT2D eigenvalue weighted by atomic mass is 9.87. The molecule has 0 radical (unpaired) electrons. The highest BCUT2D eigenvalue weighted by molar-refractivity contribution is 7.09. The first-order valence-corrected chi connectivity index (χ1v) is 9.81. The van der Waals surface area contributed by atoms with E-state index in [1.165, 1.54) is 11.3 Å². The van der Waals surface area contributed by atoms with Crippen LogP contribution < -0.4 is 11.1 Å². The Bertz CT molecular complexity index is 1060. The molecule has 0 bridgehead atoms. The second-order valence-corrected chi connectivity index (χ2v) is 7.77. The number of fused-ring (bicyclic) bond motifs is 1. The molecular formula is C18H15Cl2N5OS. The van der Waals surface area contributed by atoms with Crippen LogP contribution >= 0.6 is 34.5 Å². The number of nitrogen functional groups attached to an aromatic ring is 1. The third kappa shape index (κ3) is 3.22. The Morgan fingerprint density at radius 3 is 2.78 bits per heavy atom. The van der Waals surface area contributed by atoms with Gasteiger partial charge < -0.3 is 11.1 Å². The van der Waals surface area contributed by atoms with Gasteiger partial charge in [-0.1, -0.05) is 29.3 Å². The summed E-state index contributed by atoms with van der Waals surface area (Å²) < 4.78 is 1.73. The number of hydrogen-bond acceptors (Lipinski definition) is 5. The molecule has 2 aromatic heterocycles. The van der Waals surface area contributed by atoms with Crippen molar-refractivity contribution in [1.82, 2.24) is 9.78 Å². The molecule has 2 atom stereocenters. The van der Waals surface area contributed by atoms with Crippen LogP contribution in [0.15, 0.2) is 46.2 Å². The Hall–Kier alpha value is -2.35.